The second-order valence-electron chi connectivity index (χ2n) is 5.46. The first-order valence-corrected chi connectivity index (χ1v) is 7.45. The van der Waals surface area contributed by atoms with Crippen LogP contribution in [0.3, 0.4) is 0 Å². The monoisotopic (exact) mass is 324 g/mol. The Hall–Kier alpha value is -3.15. The lowest BCUT2D eigenvalue weighted by Crippen LogP contribution is -2.19. The van der Waals surface area contributed by atoms with Crippen molar-refractivity contribution in [3.8, 4) is 11.3 Å². The third-order valence-corrected chi connectivity index (χ3v) is 3.69. The number of urea groups is 1. The molecule has 122 valence electrons. The molecule has 6 heteroatoms. The minimum Gasteiger partial charge on any atom is -0.308 e. The van der Waals surface area contributed by atoms with Gasteiger partial charge in [-0.2, -0.15) is 5.10 Å². The molecule has 0 saturated heterocycles. The third-order valence-electron chi connectivity index (χ3n) is 3.69. The molecule has 0 aliphatic carbocycles. The molecule has 0 spiro atoms. The zero-order valence-corrected chi connectivity index (χ0v) is 13.4. The lowest BCUT2D eigenvalue weighted by Gasteiger charge is -2.11. The number of carbonyl (C=O) groups excluding carboxylic acids is 1. The van der Waals surface area contributed by atoms with Crippen molar-refractivity contribution in [3.63, 3.8) is 0 Å². The van der Waals surface area contributed by atoms with Crippen molar-refractivity contribution in [3.05, 3.63) is 66.1 Å². The zero-order chi connectivity index (χ0) is 17.1. The molecule has 0 aliphatic heterocycles. The number of amides is 2. The normalized spacial score (nSPS) is 10.5. The summed E-state index contributed by atoms with van der Waals surface area (Å²) >= 11 is 0. The summed E-state index contributed by atoms with van der Waals surface area (Å²) in [5, 5.41) is 9.62. The van der Waals surface area contributed by atoms with Crippen LogP contribution in [0.4, 0.5) is 20.6 Å². The second-order valence-corrected chi connectivity index (χ2v) is 5.46. The smallest absolute Gasteiger partial charge is 0.308 e. The quantitative estimate of drug-likeness (QED) is 0.759. The molecule has 2 N–H and O–H groups in total. The van der Waals surface area contributed by atoms with Gasteiger partial charge in [-0.1, -0.05) is 6.07 Å². The van der Waals surface area contributed by atoms with E-state index < -0.39 is 0 Å². The highest BCUT2D eigenvalue weighted by atomic mass is 19.1. The summed E-state index contributed by atoms with van der Waals surface area (Å²) in [6.07, 6.45) is 1.73. The first-order chi connectivity index (χ1) is 11.5. The van der Waals surface area contributed by atoms with Gasteiger partial charge in [-0.05, 0) is 55.0 Å². The van der Waals surface area contributed by atoms with E-state index in [-0.39, 0.29) is 11.8 Å². The van der Waals surface area contributed by atoms with Crippen LogP contribution in [0.2, 0.25) is 0 Å². The summed E-state index contributed by atoms with van der Waals surface area (Å²) in [5.74, 6) is -0.347. The summed E-state index contributed by atoms with van der Waals surface area (Å²) < 4.78 is 14.7. The van der Waals surface area contributed by atoms with Crippen molar-refractivity contribution >= 4 is 17.4 Å². The Bertz CT molecular complexity index is 871. The zero-order valence-electron chi connectivity index (χ0n) is 13.4. The lowest BCUT2D eigenvalue weighted by atomic mass is 10.0. The van der Waals surface area contributed by atoms with Gasteiger partial charge in [-0.25, -0.2) is 9.18 Å². The predicted octanol–water partition coefficient (Wildman–Crippen LogP) is 4.18. The van der Waals surface area contributed by atoms with Gasteiger partial charge < -0.3 is 10.6 Å². The van der Waals surface area contributed by atoms with Crippen LogP contribution in [0.1, 0.15) is 5.56 Å². The van der Waals surface area contributed by atoms with E-state index in [1.807, 2.05) is 38.2 Å². The fraction of sp³-hybridized carbons (Fsp3) is 0.111. The van der Waals surface area contributed by atoms with E-state index in [2.05, 4.69) is 15.7 Å². The number of hydrogen-bond donors (Lipinski definition) is 2. The maximum atomic E-state index is 12.9. The molecule has 3 rings (SSSR count). The standard InChI is InChI=1S/C18H17FN4O/c1-12-3-6-15(11-16(12)17-9-10-20-23(17)2)22-18(24)21-14-7-4-13(19)5-8-14/h3-11H,1-2H3,(H2,21,22,24). The molecule has 2 amide bonds. The first-order valence-electron chi connectivity index (χ1n) is 7.45. The van der Waals surface area contributed by atoms with E-state index in [0.29, 0.717) is 11.4 Å². The van der Waals surface area contributed by atoms with Crippen LogP contribution in [-0.4, -0.2) is 15.8 Å². The number of halogens is 1. The van der Waals surface area contributed by atoms with Crippen LogP contribution in [0.25, 0.3) is 11.3 Å². The molecule has 0 radical (unpaired) electrons. The van der Waals surface area contributed by atoms with Crippen molar-refractivity contribution in [1.29, 1.82) is 0 Å². The van der Waals surface area contributed by atoms with E-state index in [9.17, 15) is 9.18 Å². The molecular weight excluding hydrogens is 307 g/mol. The molecule has 0 fully saturated rings. The van der Waals surface area contributed by atoms with Gasteiger partial charge in [0.05, 0.1) is 5.69 Å². The van der Waals surface area contributed by atoms with Gasteiger partial charge in [0.2, 0.25) is 0 Å². The summed E-state index contributed by atoms with van der Waals surface area (Å²) in [5.41, 5.74) is 4.23. The Labute approximate surface area is 139 Å². The number of benzene rings is 2. The van der Waals surface area contributed by atoms with Gasteiger partial charge in [0, 0.05) is 30.2 Å². The minimum absolute atomic E-state index is 0.347. The van der Waals surface area contributed by atoms with E-state index in [1.54, 1.807) is 10.9 Å². The van der Waals surface area contributed by atoms with Gasteiger partial charge >= 0.3 is 6.03 Å². The SMILES string of the molecule is Cc1ccc(NC(=O)Nc2ccc(F)cc2)cc1-c1ccnn1C. The molecule has 0 unspecified atom stereocenters. The van der Waals surface area contributed by atoms with Crippen molar-refractivity contribution in [1.82, 2.24) is 9.78 Å². The van der Waals surface area contributed by atoms with Gasteiger partial charge in [0.15, 0.2) is 0 Å². The van der Waals surface area contributed by atoms with Crippen LogP contribution < -0.4 is 10.6 Å². The highest BCUT2D eigenvalue weighted by molar-refractivity contribution is 6.00. The van der Waals surface area contributed by atoms with E-state index in [1.165, 1.54) is 24.3 Å². The van der Waals surface area contributed by atoms with E-state index >= 15 is 0 Å². The summed E-state index contributed by atoms with van der Waals surface area (Å²) in [6, 6.07) is 12.8. The number of anilines is 2. The highest BCUT2D eigenvalue weighted by Gasteiger charge is 2.09. The third kappa shape index (κ3) is 3.43. The van der Waals surface area contributed by atoms with Crippen LogP contribution >= 0.6 is 0 Å². The number of aromatic nitrogens is 2. The Morgan fingerprint density at radius 1 is 1.04 bits per heavy atom. The fourth-order valence-corrected chi connectivity index (χ4v) is 2.44. The van der Waals surface area contributed by atoms with E-state index in [0.717, 1.165) is 16.8 Å². The molecule has 0 saturated carbocycles. The highest BCUT2D eigenvalue weighted by Crippen LogP contribution is 2.26. The predicted molar refractivity (Wildman–Crippen MR) is 92.4 cm³/mol. The molecule has 0 atom stereocenters. The van der Waals surface area contributed by atoms with E-state index in [4.69, 9.17) is 0 Å². The Kier molecular flexibility index (Phi) is 4.29. The Balaban J connectivity index is 1.77. The van der Waals surface area contributed by atoms with Gasteiger partial charge in [0.1, 0.15) is 5.82 Å². The van der Waals surface area contributed by atoms with Crippen LogP contribution in [0.5, 0.6) is 0 Å². The van der Waals surface area contributed by atoms with Crippen molar-refractivity contribution in [2.24, 2.45) is 7.05 Å². The molecule has 5 nitrogen and oxygen atoms in total. The molecule has 2 aromatic carbocycles. The topological polar surface area (TPSA) is 59.0 Å². The number of rotatable bonds is 3. The Morgan fingerprint density at radius 3 is 2.38 bits per heavy atom. The molecule has 3 aromatic rings. The van der Waals surface area contributed by atoms with Gasteiger partial charge in [0.25, 0.3) is 0 Å². The largest absolute Gasteiger partial charge is 0.323 e. The molecule has 0 bridgehead atoms. The summed E-state index contributed by atoms with van der Waals surface area (Å²) in [6.45, 7) is 2.00. The molecule has 1 heterocycles. The fourth-order valence-electron chi connectivity index (χ4n) is 2.44. The summed E-state index contributed by atoms with van der Waals surface area (Å²) in [4.78, 5) is 12.1. The molecule has 24 heavy (non-hydrogen) atoms. The van der Waals surface area contributed by atoms with Gasteiger partial charge in [-0.3, -0.25) is 4.68 Å². The number of nitrogens with zero attached hydrogens (tertiary/aromatic N) is 2. The maximum absolute atomic E-state index is 12.9. The number of aryl methyl sites for hydroxylation is 2. The van der Waals surface area contributed by atoms with Crippen LogP contribution in [0.15, 0.2) is 54.7 Å². The number of nitrogens with one attached hydrogen (secondary N) is 2. The van der Waals surface area contributed by atoms with Crippen molar-refractivity contribution in [2.45, 2.75) is 6.92 Å². The Morgan fingerprint density at radius 2 is 1.71 bits per heavy atom. The summed E-state index contributed by atoms with van der Waals surface area (Å²) in [7, 11) is 1.87. The molecule has 1 aromatic heterocycles. The van der Waals surface area contributed by atoms with Crippen molar-refractivity contribution in [2.75, 3.05) is 10.6 Å². The van der Waals surface area contributed by atoms with Crippen molar-refractivity contribution < 1.29 is 9.18 Å². The first kappa shape index (κ1) is 15.7. The lowest BCUT2D eigenvalue weighted by molar-refractivity contribution is 0.262. The minimum atomic E-state index is -0.388. The van der Waals surface area contributed by atoms with Crippen LogP contribution in [0, 0.1) is 12.7 Å². The maximum Gasteiger partial charge on any atom is 0.323 e. The number of carbonyl (C=O) groups is 1. The average Bonchev–Trinajstić information content (AvgIpc) is 2.97. The van der Waals surface area contributed by atoms with Gasteiger partial charge in [-0.15, -0.1) is 0 Å². The number of hydrogen-bond acceptors (Lipinski definition) is 2. The molecule has 0 aliphatic rings. The second kappa shape index (κ2) is 6.54. The average molecular weight is 324 g/mol. The molecular formula is C18H17FN4O. The van der Waals surface area contributed by atoms with Crippen LogP contribution in [-0.2, 0) is 7.05 Å².